The summed E-state index contributed by atoms with van der Waals surface area (Å²) in [7, 11) is 0.316. The number of hydrogen-bond donors (Lipinski definition) is 1. The molecule has 0 aliphatic rings. The van der Waals surface area contributed by atoms with Crippen LogP contribution >= 0.6 is 0 Å². The van der Waals surface area contributed by atoms with Crippen LogP contribution in [0.3, 0.4) is 0 Å². The SMILES string of the molecule is COc1ccc(S(=O)(=O)N(C)C)cc1NC(=O)COc1cccc(C(F)(F)F)c1. The molecule has 0 atom stereocenters. The van der Waals surface area contributed by atoms with Crippen LogP contribution in [0, 0.1) is 0 Å². The number of hydrogen-bond acceptors (Lipinski definition) is 5. The highest BCUT2D eigenvalue weighted by atomic mass is 32.2. The number of benzene rings is 2. The Hall–Kier alpha value is -2.79. The van der Waals surface area contributed by atoms with Gasteiger partial charge in [-0.1, -0.05) is 6.07 Å². The second kappa shape index (κ2) is 8.70. The maximum atomic E-state index is 12.7. The lowest BCUT2D eigenvalue weighted by Gasteiger charge is -2.15. The summed E-state index contributed by atoms with van der Waals surface area (Å²) in [6.07, 6.45) is -4.53. The third-order valence-corrected chi connectivity index (χ3v) is 5.57. The molecule has 0 bridgehead atoms. The van der Waals surface area contributed by atoms with E-state index in [9.17, 15) is 26.4 Å². The number of nitrogens with zero attached hydrogens (tertiary/aromatic N) is 1. The first-order chi connectivity index (χ1) is 13.4. The lowest BCUT2D eigenvalue weighted by atomic mass is 10.2. The first-order valence-electron chi connectivity index (χ1n) is 8.15. The second-order valence-electron chi connectivity index (χ2n) is 6.01. The van der Waals surface area contributed by atoms with Crippen LogP contribution in [0.5, 0.6) is 11.5 Å². The lowest BCUT2D eigenvalue weighted by Crippen LogP contribution is -2.23. The fraction of sp³-hybridized carbons (Fsp3) is 0.278. The molecule has 11 heteroatoms. The van der Waals surface area contributed by atoms with Crippen molar-refractivity contribution < 1.29 is 35.9 Å². The van der Waals surface area contributed by atoms with Crippen LogP contribution in [0.25, 0.3) is 0 Å². The predicted molar refractivity (Wildman–Crippen MR) is 99.4 cm³/mol. The van der Waals surface area contributed by atoms with Gasteiger partial charge in [0.15, 0.2) is 6.61 Å². The van der Waals surface area contributed by atoms with E-state index in [2.05, 4.69) is 5.32 Å². The third-order valence-electron chi connectivity index (χ3n) is 3.75. The molecular weight excluding hydrogens is 413 g/mol. The fourth-order valence-corrected chi connectivity index (χ4v) is 3.18. The highest BCUT2D eigenvalue weighted by Crippen LogP contribution is 2.31. The smallest absolute Gasteiger partial charge is 0.416 e. The monoisotopic (exact) mass is 432 g/mol. The average molecular weight is 432 g/mol. The van der Waals surface area contributed by atoms with Gasteiger partial charge in [-0.2, -0.15) is 13.2 Å². The van der Waals surface area contributed by atoms with Gasteiger partial charge in [0.25, 0.3) is 5.91 Å². The largest absolute Gasteiger partial charge is 0.495 e. The predicted octanol–water partition coefficient (Wildman–Crippen LogP) is 2.98. The van der Waals surface area contributed by atoms with Gasteiger partial charge in [-0.15, -0.1) is 0 Å². The number of carbonyl (C=O) groups is 1. The summed E-state index contributed by atoms with van der Waals surface area (Å²) in [6.45, 7) is -0.588. The van der Waals surface area contributed by atoms with E-state index in [1.807, 2.05) is 0 Å². The van der Waals surface area contributed by atoms with E-state index < -0.39 is 34.3 Å². The minimum Gasteiger partial charge on any atom is -0.495 e. The summed E-state index contributed by atoms with van der Waals surface area (Å²) in [5.74, 6) is -0.638. The van der Waals surface area contributed by atoms with Crippen LogP contribution in [0.4, 0.5) is 18.9 Å². The zero-order valence-corrected chi connectivity index (χ0v) is 16.6. The van der Waals surface area contributed by atoms with E-state index in [0.29, 0.717) is 0 Å². The van der Waals surface area contributed by atoms with Gasteiger partial charge in [0.2, 0.25) is 10.0 Å². The Balaban J connectivity index is 2.14. The molecule has 0 saturated carbocycles. The van der Waals surface area contributed by atoms with Crippen molar-refractivity contribution in [3.8, 4) is 11.5 Å². The number of ether oxygens (including phenoxy) is 2. The quantitative estimate of drug-likeness (QED) is 0.727. The molecule has 0 saturated heterocycles. The molecule has 0 spiro atoms. The zero-order valence-electron chi connectivity index (χ0n) is 15.8. The Morgan fingerprint density at radius 2 is 1.83 bits per heavy atom. The van der Waals surface area contributed by atoms with Gasteiger partial charge in [-0.05, 0) is 36.4 Å². The molecule has 0 aliphatic heterocycles. The minimum absolute atomic E-state index is 0.0719. The number of methoxy groups -OCH3 is 1. The normalized spacial score (nSPS) is 12.0. The van der Waals surface area contributed by atoms with Crippen molar-refractivity contribution >= 4 is 21.6 Å². The van der Waals surface area contributed by atoms with Crippen molar-refractivity contribution in [2.45, 2.75) is 11.1 Å². The van der Waals surface area contributed by atoms with Gasteiger partial charge in [-0.3, -0.25) is 4.79 Å². The van der Waals surface area contributed by atoms with Crippen molar-refractivity contribution in [2.24, 2.45) is 0 Å². The minimum atomic E-state index is -4.53. The molecule has 158 valence electrons. The Labute approximate surface area is 166 Å². The summed E-state index contributed by atoms with van der Waals surface area (Å²) in [5, 5.41) is 2.43. The van der Waals surface area contributed by atoms with Crippen LogP contribution in [0.2, 0.25) is 0 Å². The van der Waals surface area contributed by atoms with Crippen LogP contribution in [-0.4, -0.2) is 46.4 Å². The topological polar surface area (TPSA) is 84.9 Å². The molecule has 0 radical (unpaired) electrons. The highest BCUT2D eigenvalue weighted by molar-refractivity contribution is 7.89. The molecule has 2 rings (SSSR count). The van der Waals surface area contributed by atoms with Gasteiger partial charge < -0.3 is 14.8 Å². The van der Waals surface area contributed by atoms with Gasteiger partial charge in [-0.25, -0.2) is 12.7 Å². The molecular formula is C18H19F3N2O5S. The van der Waals surface area contributed by atoms with Crippen molar-refractivity contribution in [3.63, 3.8) is 0 Å². The summed E-state index contributed by atoms with van der Waals surface area (Å²) >= 11 is 0. The first-order valence-corrected chi connectivity index (χ1v) is 9.59. The Bertz CT molecular complexity index is 991. The third kappa shape index (κ3) is 5.61. The highest BCUT2D eigenvalue weighted by Gasteiger charge is 2.30. The molecule has 0 fully saturated rings. The maximum absolute atomic E-state index is 12.7. The van der Waals surface area contributed by atoms with E-state index in [0.717, 1.165) is 22.5 Å². The maximum Gasteiger partial charge on any atom is 0.416 e. The number of halogens is 3. The number of anilines is 1. The summed E-state index contributed by atoms with van der Waals surface area (Å²) in [5.41, 5.74) is -0.827. The van der Waals surface area contributed by atoms with E-state index in [-0.39, 0.29) is 22.1 Å². The van der Waals surface area contributed by atoms with Gasteiger partial charge in [0.1, 0.15) is 11.5 Å². The number of carbonyl (C=O) groups excluding carboxylic acids is 1. The lowest BCUT2D eigenvalue weighted by molar-refractivity contribution is -0.137. The number of nitrogens with one attached hydrogen (secondary N) is 1. The molecule has 29 heavy (non-hydrogen) atoms. The van der Waals surface area contributed by atoms with E-state index in [1.54, 1.807) is 0 Å². The van der Waals surface area contributed by atoms with Crippen LogP contribution in [0.15, 0.2) is 47.4 Å². The Morgan fingerprint density at radius 1 is 1.14 bits per heavy atom. The molecule has 2 aromatic rings. The number of alkyl halides is 3. The molecule has 1 amide bonds. The van der Waals surface area contributed by atoms with Crippen molar-refractivity contribution in [3.05, 3.63) is 48.0 Å². The molecule has 1 N–H and O–H groups in total. The Morgan fingerprint density at radius 3 is 2.41 bits per heavy atom. The van der Waals surface area contributed by atoms with Crippen LogP contribution < -0.4 is 14.8 Å². The van der Waals surface area contributed by atoms with E-state index in [1.165, 1.54) is 45.5 Å². The average Bonchev–Trinajstić information content (AvgIpc) is 2.65. The molecule has 0 aromatic heterocycles. The van der Waals surface area contributed by atoms with Crippen molar-refractivity contribution in [1.82, 2.24) is 4.31 Å². The Kier molecular flexibility index (Phi) is 6.75. The van der Waals surface area contributed by atoms with E-state index >= 15 is 0 Å². The molecule has 2 aromatic carbocycles. The van der Waals surface area contributed by atoms with Crippen molar-refractivity contribution in [1.29, 1.82) is 0 Å². The van der Waals surface area contributed by atoms with Gasteiger partial charge in [0.05, 0.1) is 23.3 Å². The standard InChI is InChI=1S/C18H19F3N2O5S/c1-23(2)29(25,26)14-7-8-16(27-3)15(10-14)22-17(24)11-28-13-6-4-5-12(9-13)18(19,20)21/h4-10H,11H2,1-3H3,(H,22,24). The summed E-state index contributed by atoms with van der Waals surface area (Å²) < 4.78 is 73.9. The first kappa shape index (κ1) is 22.5. The zero-order chi connectivity index (χ0) is 21.8. The number of rotatable bonds is 7. The molecule has 7 nitrogen and oxygen atoms in total. The van der Waals surface area contributed by atoms with E-state index in [4.69, 9.17) is 9.47 Å². The molecule has 0 aliphatic carbocycles. The second-order valence-corrected chi connectivity index (χ2v) is 8.16. The summed E-state index contributed by atoms with van der Waals surface area (Å²) in [6, 6.07) is 8.02. The van der Waals surface area contributed by atoms with Crippen LogP contribution in [0.1, 0.15) is 5.56 Å². The molecule has 0 heterocycles. The summed E-state index contributed by atoms with van der Waals surface area (Å²) in [4.78, 5) is 12.1. The van der Waals surface area contributed by atoms with Crippen molar-refractivity contribution in [2.75, 3.05) is 33.1 Å². The fourth-order valence-electron chi connectivity index (χ4n) is 2.25. The number of sulfonamides is 1. The van der Waals surface area contributed by atoms with Gasteiger partial charge >= 0.3 is 6.18 Å². The van der Waals surface area contributed by atoms with Crippen LogP contribution in [-0.2, 0) is 21.0 Å². The number of amides is 1. The molecule has 0 unspecified atom stereocenters. The van der Waals surface area contributed by atoms with Gasteiger partial charge in [0, 0.05) is 14.1 Å².